The van der Waals surface area contributed by atoms with Crippen LogP contribution in [0.1, 0.15) is 24.0 Å². The zero-order valence-electron chi connectivity index (χ0n) is 22.7. The summed E-state index contributed by atoms with van der Waals surface area (Å²) in [6, 6.07) is 18.8. The van der Waals surface area contributed by atoms with E-state index in [0.717, 1.165) is 11.1 Å². The van der Waals surface area contributed by atoms with E-state index in [4.69, 9.17) is 4.74 Å². The minimum Gasteiger partial charge on any atom is -0.508 e. The molecule has 4 N–H and O–H groups in total. The zero-order valence-corrected chi connectivity index (χ0v) is 23.5. The number of halogens is 1. The predicted molar refractivity (Wildman–Crippen MR) is 153 cm³/mol. The Morgan fingerprint density at radius 3 is 2.27 bits per heavy atom. The molecule has 1 atom stereocenters. The molecule has 3 aromatic carbocycles. The molecule has 0 bridgehead atoms. The number of nitrogens with zero attached hydrogens (tertiary/aromatic N) is 1. The summed E-state index contributed by atoms with van der Waals surface area (Å²) in [5.74, 6) is 0.372. The van der Waals surface area contributed by atoms with Gasteiger partial charge in [-0.15, -0.1) is 0 Å². The highest BCUT2D eigenvalue weighted by molar-refractivity contribution is 7.92. The van der Waals surface area contributed by atoms with E-state index in [-0.39, 0.29) is 35.6 Å². The number of hydrogen-bond donors (Lipinski definition) is 4. The monoisotopic (exact) mass is 585 g/mol. The maximum absolute atomic E-state index is 13.2. The van der Waals surface area contributed by atoms with Gasteiger partial charge >= 0.3 is 6.03 Å². The van der Waals surface area contributed by atoms with Crippen molar-refractivity contribution in [1.82, 2.24) is 15.5 Å². The number of aliphatic hydroxyl groups is 1. The number of phenols is 1. The lowest BCUT2D eigenvalue weighted by Gasteiger charge is -2.31. The summed E-state index contributed by atoms with van der Waals surface area (Å²) in [5, 5.41) is 24.8. The highest BCUT2D eigenvalue weighted by Crippen LogP contribution is 2.25. The van der Waals surface area contributed by atoms with Crippen LogP contribution in [-0.4, -0.2) is 73.7 Å². The first-order valence-corrected chi connectivity index (χ1v) is 15.2. The van der Waals surface area contributed by atoms with Crippen LogP contribution in [0.2, 0.25) is 0 Å². The predicted octanol–water partition coefficient (Wildman–Crippen LogP) is 3.25. The summed E-state index contributed by atoms with van der Waals surface area (Å²) >= 11 is 0. The lowest BCUT2D eigenvalue weighted by atomic mass is 10.1. The highest BCUT2D eigenvalue weighted by Gasteiger charge is 2.32. The SMILES string of the molecule is O=C(NCc1ccc(F)cc1)N1CCC(S(=O)(=O)c2ccc(CCNCC(O)COc3ccc(O)cc3)cc2)CC1. The number of likely N-dealkylation sites (tertiary alicyclic amines) is 1. The number of aliphatic hydroxyl groups excluding tert-OH is 1. The van der Waals surface area contributed by atoms with Gasteiger partial charge in [0.25, 0.3) is 0 Å². The van der Waals surface area contributed by atoms with Crippen molar-refractivity contribution in [2.45, 2.75) is 42.1 Å². The van der Waals surface area contributed by atoms with Crippen molar-refractivity contribution >= 4 is 15.9 Å². The molecule has 4 rings (SSSR count). The van der Waals surface area contributed by atoms with E-state index in [0.29, 0.717) is 51.2 Å². The van der Waals surface area contributed by atoms with Crippen LogP contribution in [0.5, 0.6) is 11.5 Å². The Hall–Kier alpha value is -3.67. The van der Waals surface area contributed by atoms with E-state index < -0.39 is 21.2 Å². The van der Waals surface area contributed by atoms with Crippen molar-refractivity contribution in [3.63, 3.8) is 0 Å². The molecule has 0 spiro atoms. The normalized spacial score (nSPS) is 14.9. The van der Waals surface area contributed by atoms with Crippen LogP contribution in [0.15, 0.2) is 77.7 Å². The minimum absolute atomic E-state index is 0.115. The molecule has 9 nitrogen and oxygen atoms in total. The van der Waals surface area contributed by atoms with Gasteiger partial charge in [0, 0.05) is 26.2 Å². The molecule has 2 amide bonds. The van der Waals surface area contributed by atoms with Gasteiger partial charge in [-0.3, -0.25) is 0 Å². The average molecular weight is 586 g/mol. The molecular formula is C30H36FN3O6S. The van der Waals surface area contributed by atoms with Crippen LogP contribution >= 0.6 is 0 Å². The van der Waals surface area contributed by atoms with Crippen molar-refractivity contribution in [2.24, 2.45) is 0 Å². The quantitative estimate of drug-likeness (QED) is 0.240. The number of carbonyl (C=O) groups is 1. The summed E-state index contributed by atoms with van der Waals surface area (Å²) in [7, 11) is -3.53. The molecule has 1 saturated heterocycles. The van der Waals surface area contributed by atoms with Gasteiger partial charge < -0.3 is 30.5 Å². The smallest absolute Gasteiger partial charge is 0.317 e. The van der Waals surface area contributed by atoms with Crippen molar-refractivity contribution in [3.8, 4) is 11.5 Å². The van der Waals surface area contributed by atoms with Gasteiger partial charge in [0.05, 0.1) is 10.1 Å². The minimum atomic E-state index is -3.53. The topological polar surface area (TPSA) is 128 Å². The number of urea groups is 1. The Balaban J connectivity index is 1.16. The van der Waals surface area contributed by atoms with Crippen LogP contribution in [0, 0.1) is 5.82 Å². The van der Waals surface area contributed by atoms with Gasteiger partial charge in [0.15, 0.2) is 9.84 Å². The van der Waals surface area contributed by atoms with Crippen LogP contribution in [0.25, 0.3) is 0 Å². The van der Waals surface area contributed by atoms with E-state index in [2.05, 4.69) is 10.6 Å². The number of benzene rings is 3. The van der Waals surface area contributed by atoms with Crippen molar-refractivity contribution in [2.75, 3.05) is 32.8 Å². The summed E-state index contributed by atoms with van der Waals surface area (Å²) in [5.41, 5.74) is 1.75. The highest BCUT2D eigenvalue weighted by atomic mass is 32.2. The van der Waals surface area contributed by atoms with E-state index in [1.165, 1.54) is 24.3 Å². The van der Waals surface area contributed by atoms with Gasteiger partial charge in [-0.2, -0.15) is 0 Å². The van der Waals surface area contributed by atoms with Crippen LogP contribution in [0.4, 0.5) is 9.18 Å². The second kappa shape index (κ2) is 14.3. The maximum Gasteiger partial charge on any atom is 0.317 e. The third kappa shape index (κ3) is 8.91. The molecule has 1 heterocycles. The molecule has 0 saturated carbocycles. The van der Waals surface area contributed by atoms with Gasteiger partial charge in [-0.25, -0.2) is 17.6 Å². The Bertz CT molecular complexity index is 1360. The van der Waals surface area contributed by atoms with Crippen molar-refractivity contribution in [3.05, 3.63) is 89.7 Å². The molecule has 1 fully saturated rings. The number of aromatic hydroxyl groups is 1. The largest absolute Gasteiger partial charge is 0.508 e. The van der Waals surface area contributed by atoms with Crippen LogP contribution in [0.3, 0.4) is 0 Å². The zero-order chi connectivity index (χ0) is 29.2. The molecule has 3 aromatic rings. The molecule has 220 valence electrons. The fourth-order valence-corrected chi connectivity index (χ4v) is 6.33. The van der Waals surface area contributed by atoms with Crippen molar-refractivity contribution < 1.29 is 32.6 Å². The number of carbonyl (C=O) groups excluding carboxylic acids is 1. The standard InChI is InChI=1S/C30H36FN3O6S/c31-24-5-1-23(2-6-24)19-33-30(37)34-17-14-29(15-18-34)41(38,39)28-11-3-22(4-12-28)13-16-32-20-26(36)21-40-27-9-7-25(35)8-10-27/h1-12,26,29,32,35-36H,13-21H2,(H,33,37). The second-order valence-electron chi connectivity index (χ2n) is 10.1. The van der Waals surface area contributed by atoms with E-state index in [1.807, 2.05) is 0 Å². The molecule has 0 radical (unpaired) electrons. The number of amides is 2. The molecular weight excluding hydrogens is 549 g/mol. The Morgan fingerprint density at radius 1 is 0.976 bits per heavy atom. The molecule has 1 aliphatic rings. The number of piperidine rings is 1. The molecule has 11 heteroatoms. The molecule has 41 heavy (non-hydrogen) atoms. The first-order chi connectivity index (χ1) is 19.7. The second-order valence-corrected chi connectivity index (χ2v) is 12.3. The third-order valence-corrected chi connectivity index (χ3v) is 9.30. The maximum atomic E-state index is 13.2. The molecule has 0 aliphatic carbocycles. The lowest BCUT2D eigenvalue weighted by Crippen LogP contribution is -2.46. The van der Waals surface area contributed by atoms with Gasteiger partial charge in [-0.05, 0) is 85.5 Å². The average Bonchev–Trinajstić information content (AvgIpc) is 2.99. The fourth-order valence-electron chi connectivity index (χ4n) is 4.59. The van der Waals surface area contributed by atoms with Gasteiger partial charge in [0.1, 0.15) is 30.0 Å². The van der Waals surface area contributed by atoms with E-state index >= 15 is 0 Å². The first-order valence-electron chi connectivity index (χ1n) is 13.6. The summed E-state index contributed by atoms with van der Waals surface area (Å²) in [4.78, 5) is 14.4. The number of sulfone groups is 1. The summed E-state index contributed by atoms with van der Waals surface area (Å²) in [6.45, 7) is 2.01. The van der Waals surface area contributed by atoms with E-state index in [9.17, 15) is 27.8 Å². The van der Waals surface area contributed by atoms with Crippen LogP contribution < -0.4 is 15.4 Å². The molecule has 0 aromatic heterocycles. The number of hydrogen-bond acceptors (Lipinski definition) is 7. The number of ether oxygens (including phenoxy) is 1. The number of nitrogens with one attached hydrogen (secondary N) is 2. The lowest BCUT2D eigenvalue weighted by molar-refractivity contribution is 0.106. The Labute approximate surface area is 239 Å². The van der Waals surface area contributed by atoms with E-state index in [1.54, 1.807) is 53.4 Å². The fraction of sp³-hybridized carbons (Fsp3) is 0.367. The first kappa shape index (κ1) is 30.3. The molecule has 1 unspecified atom stereocenters. The van der Waals surface area contributed by atoms with Crippen molar-refractivity contribution in [1.29, 1.82) is 0 Å². The summed E-state index contributed by atoms with van der Waals surface area (Å²) in [6.07, 6.45) is 0.675. The van der Waals surface area contributed by atoms with Gasteiger partial charge in [0.2, 0.25) is 0 Å². The van der Waals surface area contributed by atoms with Gasteiger partial charge in [-0.1, -0.05) is 24.3 Å². The Morgan fingerprint density at radius 2 is 1.61 bits per heavy atom. The molecule has 1 aliphatic heterocycles. The third-order valence-electron chi connectivity index (χ3n) is 7.03. The van der Waals surface area contributed by atoms with Crippen LogP contribution in [-0.2, 0) is 22.8 Å². The number of rotatable bonds is 12. The number of phenolic OH excluding ortho intramolecular Hbond substituents is 1. The Kier molecular flexibility index (Phi) is 10.6. The summed E-state index contributed by atoms with van der Waals surface area (Å²) < 4.78 is 45.0.